The number of Topliss-reactive ketones (excluding diaryl/α,β-unsaturated/α-hetero) is 1. The number of fused-ring (bicyclic) bond motifs is 6. The Hall–Kier alpha value is -3.00. The molecule has 0 aromatic carbocycles. The van der Waals surface area contributed by atoms with Gasteiger partial charge in [-0.25, -0.2) is 4.79 Å². The molecule has 4 aliphatic carbocycles. The quantitative estimate of drug-likeness (QED) is 0.0368. The summed E-state index contributed by atoms with van der Waals surface area (Å²) in [6.07, 6.45) is 14.4. The number of carbonyl (C=O) groups excluding carboxylic acids is 4. The van der Waals surface area contributed by atoms with Crippen LogP contribution in [0, 0.1) is 34.5 Å². The fourth-order valence-corrected chi connectivity index (χ4v) is 14.0. The molecule has 0 aromatic rings. The van der Waals surface area contributed by atoms with Crippen LogP contribution in [0.15, 0.2) is 16.8 Å². The van der Waals surface area contributed by atoms with Crippen LogP contribution in [-0.2, 0) is 71.3 Å². The second kappa shape index (κ2) is 37.3. The van der Waals surface area contributed by atoms with Gasteiger partial charge in [0, 0.05) is 36.4 Å². The van der Waals surface area contributed by atoms with Crippen molar-refractivity contribution in [3.8, 4) is 0 Å². The zero-order valence-corrected chi connectivity index (χ0v) is 48.7. The predicted octanol–water partition coefficient (Wildman–Crippen LogP) is 4.67. The molecular formula is C57H97N5O16S. The molecule has 0 spiro atoms. The van der Waals surface area contributed by atoms with Gasteiger partial charge in [-0.1, -0.05) is 31.0 Å². The third kappa shape index (κ3) is 23.3. The van der Waals surface area contributed by atoms with Gasteiger partial charge >= 0.3 is 6.03 Å². The van der Waals surface area contributed by atoms with E-state index in [0.29, 0.717) is 199 Å². The van der Waals surface area contributed by atoms with Gasteiger partial charge in [-0.05, 0) is 106 Å². The van der Waals surface area contributed by atoms with E-state index in [9.17, 15) is 19.2 Å². The summed E-state index contributed by atoms with van der Waals surface area (Å²) < 4.78 is 60.9. The van der Waals surface area contributed by atoms with E-state index >= 15 is 0 Å². The molecule has 452 valence electrons. The van der Waals surface area contributed by atoms with Gasteiger partial charge in [-0.2, -0.15) is 11.8 Å². The summed E-state index contributed by atoms with van der Waals surface area (Å²) in [5, 5.41) is 16.5. The van der Waals surface area contributed by atoms with Gasteiger partial charge in [0.25, 0.3) is 5.91 Å². The summed E-state index contributed by atoms with van der Waals surface area (Å²) in [6, 6.07) is 0.390. The molecule has 21 nitrogen and oxygen atoms in total. The lowest BCUT2D eigenvalue weighted by Gasteiger charge is -2.57. The molecule has 0 aromatic heterocycles. The van der Waals surface area contributed by atoms with Crippen LogP contribution in [0.4, 0.5) is 4.79 Å². The first-order valence-electron chi connectivity index (χ1n) is 29.5. The number of urea groups is 1. The number of amides is 4. The van der Waals surface area contributed by atoms with Gasteiger partial charge in [0.15, 0.2) is 6.61 Å². The molecule has 2 aliphatic heterocycles. The maximum Gasteiger partial charge on any atom is 0.315 e. The standard InChI is InChI=1S/C57H97N5O16S/c1-43(63)44-38-49-47-9-8-45-39-46(10-13-57(45,3)48(47)11-12-56(49,2)40-44)62-78-41-53(65)59-15-17-68-19-21-70-23-25-72-27-29-74-31-33-76-35-37-77-36-34-75-32-30-73-28-26-71-24-22-69-20-18-67-16-14-58-52(64)7-5-4-6-51-54-50(42-79-51)60-55(66)61-54/h39,44,47-51,54H,4-38,40-42H2,1-3H3,(H,58,64)(H,59,65)(H2,60,61,66). The summed E-state index contributed by atoms with van der Waals surface area (Å²) in [7, 11) is 0. The third-order valence-electron chi connectivity index (χ3n) is 16.6. The number of oxime groups is 1. The smallest absolute Gasteiger partial charge is 0.315 e. The monoisotopic (exact) mass is 1140 g/mol. The molecule has 4 N–H and O–H groups in total. The van der Waals surface area contributed by atoms with E-state index in [-0.39, 0.29) is 47.9 Å². The maximum absolute atomic E-state index is 12.3. The van der Waals surface area contributed by atoms with Crippen LogP contribution in [0.1, 0.15) is 97.8 Å². The first-order valence-corrected chi connectivity index (χ1v) is 30.6. The first kappa shape index (κ1) is 65.2. The van der Waals surface area contributed by atoms with E-state index in [1.54, 1.807) is 6.92 Å². The summed E-state index contributed by atoms with van der Waals surface area (Å²) in [6.45, 7) is 17.5. The Kier molecular flexibility index (Phi) is 30.7. The highest BCUT2D eigenvalue weighted by molar-refractivity contribution is 8.00. The number of hydrogen-bond acceptors (Lipinski definition) is 18. The number of nitrogens with one attached hydrogen (secondary N) is 4. The minimum absolute atomic E-state index is 0.0383. The number of ether oxygens (including phenoxy) is 11. The summed E-state index contributed by atoms with van der Waals surface area (Å²) in [5.41, 5.74) is 2.91. The van der Waals surface area contributed by atoms with Gasteiger partial charge < -0.3 is 78.2 Å². The van der Waals surface area contributed by atoms with Gasteiger partial charge in [0.05, 0.1) is 163 Å². The van der Waals surface area contributed by atoms with E-state index in [2.05, 4.69) is 46.3 Å². The highest BCUT2D eigenvalue weighted by atomic mass is 32.2. The molecule has 2 heterocycles. The van der Waals surface area contributed by atoms with E-state index < -0.39 is 0 Å². The number of rotatable bonds is 45. The van der Waals surface area contributed by atoms with E-state index in [1.165, 1.54) is 24.8 Å². The average molecular weight is 1140 g/mol. The van der Waals surface area contributed by atoms with Crippen molar-refractivity contribution in [3.63, 3.8) is 0 Å². The highest BCUT2D eigenvalue weighted by Crippen LogP contribution is 2.66. The van der Waals surface area contributed by atoms with Crippen molar-refractivity contribution in [2.75, 3.05) is 171 Å². The molecule has 6 aliphatic rings. The molecular weight excluding hydrogens is 1040 g/mol. The molecule has 9 atom stereocenters. The molecule has 9 unspecified atom stereocenters. The highest BCUT2D eigenvalue weighted by Gasteiger charge is 2.58. The van der Waals surface area contributed by atoms with Crippen LogP contribution in [0.25, 0.3) is 0 Å². The minimum Gasteiger partial charge on any atom is -0.385 e. The minimum atomic E-state index is -0.229. The first-order chi connectivity index (χ1) is 38.6. The number of nitrogens with zero attached hydrogens (tertiary/aromatic N) is 1. The Morgan fingerprint density at radius 3 is 1.66 bits per heavy atom. The van der Waals surface area contributed by atoms with Crippen molar-refractivity contribution in [3.05, 3.63) is 11.6 Å². The zero-order chi connectivity index (χ0) is 55.8. The van der Waals surface area contributed by atoms with Crippen molar-refractivity contribution in [2.24, 2.45) is 39.7 Å². The van der Waals surface area contributed by atoms with Crippen molar-refractivity contribution < 1.29 is 76.1 Å². The van der Waals surface area contributed by atoms with Crippen molar-refractivity contribution >= 4 is 41.1 Å². The van der Waals surface area contributed by atoms with Crippen molar-refractivity contribution in [1.82, 2.24) is 21.3 Å². The second-order valence-electron chi connectivity index (χ2n) is 22.1. The van der Waals surface area contributed by atoms with Gasteiger partial charge in [0.2, 0.25) is 5.91 Å². The summed E-state index contributed by atoms with van der Waals surface area (Å²) >= 11 is 1.90. The predicted molar refractivity (Wildman–Crippen MR) is 298 cm³/mol. The fraction of sp³-hybridized carbons (Fsp3) is 0.877. The Morgan fingerprint density at radius 1 is 0.633 bits per heavy atom. The third-order valence-corrected chi connectivity index (χ3v) is 18.1. The molecule has 6 rings (SSSR count). The summed E-state index contributed by atoms with van der Waals surface area (Å²) in [5.74, 6) is 3.42. The molecule has 79 heavy (non-hydrogen) atoms. The topological polar surface area (TPSA) is 240 Å². The van der Waals surface area contributed by atoms with Gasteiger partial charge in [-0.3, -0.25) is 14.4 Å². The molecule has 0 bridgehead atoms. The molecule has 22 heteroatoms. The van der Waals surface area contributed by atoms with Gasteiger partial charge in [0.1, 0.15) is 5.78 Å². The summed E-state index contributed by atoms with van der Waals surface area (Å²) in [4.78, 5) is 53.8. The lowest BCUT2D eigenvalue weighted by molar-refractivity contribution is -0.126. The second-order valence-corrected chi connectivity index (χ2v) is 23.4. The van der Waals surface area contributed by atoms with Crippen molar-refractivity contribution in [2.45, 2.75) is 115 Å². The largest absolute Gasteiger partial charge is 0.385 e. The molecule has 0 radical (unpaired) electrons. The van der Waals surface area contributed by atoms with E-state index in [1.807, 2.05) is 11.8 Å². The molecule has 2 saturated heterocycles. The van der Waals surface area contributed by atoms with Crippen molar-refractivity contribution in [1.29, 1.82) is 0 Å². The van der Waals surface area contributed by atoms with Gasteiger partial charge in [-0.15, -0.1) is 0 Å². The number of hydrogen-bond donors (Lipinski definition) is 4. The lowest BCUT2D eigenvalue weighted by Crippen LogP contribution is -2.49. The Bertz CT molecular complexity index is 1850. The fourth-order valence-electron chi connectivity index (χ4n) is 12.4. The lowest BCUT2D eigenvalue weighted by atomic mass is 9.47. The zero-order valence-electron chi connectivity index (χ0n) is 47.9. The number of carbonyl (C=O) groups is 4. The van der Waals surface area contributed by atoms with E-state index in [0.717, 1.165) is 62.8 Å². The normalized spacial score (nSPS) is 27.4. The number of unbranched alkanes of at least 4 members (excludes halogenated alkanes) is 1. The van der Waals surface area contributed by atoms with Crippen LogP contribution >= 0.6 is 11.8 Å². The number of allylic oxidation sites excluding steroid dienone is 2. The maximum atomic E-state index is 12.3. The molecule has 3 saturated carbocycles. The number of thioether (sulfide) groups is 1. The molecule has 5 fully saturated rings. The van der Waals surface area contributed by atoms with E-state index in [4.69, 9.17) is 56.9 Å². The van der Waals surface area contributed by atoms with Crippen LogP contribution in [-0.4, -0.2) is 217 Å². The SMILES string of the molecule is CC(=O)C1CC2C3CCC4=CC(=NOCC(=O)NCCOCCOCCOCCOCCOCCOCCOCCOCCOCCOCCOCCNC(=O)CCCCC5SCC6NC(=O)NC65)CCC4(C)C3CCC2(C)C1. The Labute approximate surface area is 474 Å². The average Bonchev–Trinajstić information content (AvgIpc) is 4.33. The van der Waals surface area contributed by atoms with Crippen LogP contribution in [0.2, 0.25) is 0 Å². The Morgan fingerprint density at radius 2 is 1.14 bits per heavy atom. The number of ketones is 1. The van der Waals surface area contributed by atoms with Crippen LogP contribution in [0.5, 0.6) is 0 Å². The van der Waals surface area contributed by atoms with Crippen LogP contribution < -0.4 is 21.3 Å². The van der Waals surface area contributed by atoms with Crippen LogP contribution in [0.3, 0.4) is 0 Å². The molecule has 4 amide bonds. The Balaban J connectivity index is 0.586.